The third kappa shape index (κ3) is 4.06. The van der Waals surface area contributed by atoms with Gasteiger partial charge in [-0.05, 0) is 36.4 Å². The largest absolute Gasteiger partial charge is 0.486 e. The standard InChI is InChI=1S/C21H17FN2O5S/c22-16-6-2-4-8-18(16)23-21(25)15-5-1-3-7-17(15)24-30(26,27)14-9-10-19-20(13-14)29-12-11-28-19/h1-10,13,24H,11-12H2,(H,23,25). The maximum Gasteiger partial charge on any atom is 0.262 e. The molecule has 3 aromatic rings. The lowest BCUT2D eigenvalue weighted by atomic mass is 10.1. The molecule has 1 heterocycles. The van der Waals surface area contributed by atoms with Gasteiger partial charge < -0.3 is 14.8 Å². The third-order valence-electron chi connectivity index (χ3n) is 4.36. The van der Waals surface area contributed by atoms with E-state index in [0.717, 1.165) is 0 Å². The quantitative estimate of drug-likeness (QED) is 0.647. The van der Waals surface area contributed by atoms with Crippen LogP contribution in [0.3, 0.4) is 0 Å². The number of sulfonamides is 1. The van der Waals surface area contributed by atoms with E-state index in [1.165, 1.54) is 48.5 Å². The Morgan fingerprint density at radius 1 is 0.867 bits per heavy atom. The van der Waals surface area contributed by atoms with Gasteiger partial charge in [-0.15, -0.1) is 0 Å². The zero-order chi connectivity index (χ0) is 21.1. The van der Waals surface area contributed by atoms with Crippen LogP contribution in [0.5, 0.6) is 11.5 Å². The number of carbonyl (C=O) groups is 1. The van der Waals surface area contributed by atoms with Crippen molar-refractivity contribution in [1.82, 2.24) is 0 Å². The van der Waals surface area contributed by atoms with E-state index in [-0.39, 0.29) is 21.8 Å². The summed E-state index contributed by atoms with van der Waals surface area (Å²) < 4.78 is 52.8. The number of fused-ring (bicyclic) bond motifs is 1. The molecular formula is C21H17FN2O5S. The van der Waals surface area contributed by atoms with Crippen molar-refractivity contribution in [2.24, 2.45) is 0 Å². The summed E-state index contributed by atoms with van der Waals surface area (Å²) in [5, 5.41) is 2.45. The van der Waals surface area contributed by atoms with Gasteiger partial charge in [-0.2, -0.15) is 0 Å². The van der Waals surface area contributed by atoms with E-state index < -0.39 is 21.7 Å². The predicted octanol–water partition coefficient (Wildman–Crippen LogP) is 3.65. The van der Waals surface area contributed by atoms with Gasteiger partial charge in [-0.1, -0.05) is 24.3 Å². The number of ether oxygens (including phenoxy) is 2. The summed E-state index contributed by atoms with van der Waals surface area (Å²) in [4.78, 5) is 12.6. The van der Waals surface area contributed by atoms with E-state index in [9.17, 15) is 17.6 Å². The van der Waals surface area contributed by atoms with Crippen molar-refractivity contribution in [2.75, 3.05) is 23.3 Å². The lowest BCUT2D eigenvalue weighted by Crippen LogP contribution is -2.20. The fourth-order valence-corrected chi connectivity index (χ4v) is 4.01. The van der Waals surface area contributed by atoms with E-state index in [0.29, 0.717) is 24.7 Å². The topological polar surface area (TPSA) is 93.7 Å². The van der Waals surface area contributed by atoms with E-state index in [2.05, 4.69) is 10.0 Å². The van der Waals surface area contributed by atoms with Crippen LogP contribution in [0.15, 0.2) is 71.6 Å². The number of benzene rings is 3. The van der Waals surface area contributed by atoms with Crippen LogP contribution in [0, 0.1) is 5.82 Å². The van der Waals surface area contributed by atoms with Crippen molar-refractivity contribution in [3.63, 3.8) is 0 Å². The number of nitrogens with one attached hydrogen (secondary N) is 2. The molecule has 0 radical (unpaired) electrons. The molecule has 0 aliphatic carbocycles. The molecular weight excluding hydrogens is 411 g/mol. The summed E-state index contributed by atoms with van der Waals surface area (Å²) in [6, 6.07) is 16.0. The summed E-state index contributed by atoms with van der Waals surface area (Å²) in [5.74, 6) is -0.458. The molecule has 0 spiro atoms. The molecule has 0 unspecified atom stereocenters. The van der Waals surface area contributed by atoms with Gasteiger partial charge in [0.1, 0.15) is 19.0 Å². The molecule has 2 N–H and O–H groups in total. The molecule has 0 fully saturated rings. The molecule has 0 bridgehead atoms. The second-order valence-corrected chi connectivity index (χ2v) is 8.07. The Morgan fingerprint density at radius 2 is 1.53 bits per heavy atom. The smallest absolute Gasteiger partial charge is 0.262 e. The van der Waals surface area contributed by atoms with Crippen molar-refractivity contribution in [2.45, 2.75) is 4.90 Å². The monoisotopic (exact) mass is 428 g/mol. The minimum atomic E-state index is -4.02. The zero-order valence-electron chi connectivity index (χ0n) is 15.6. The van der Waals surface area contributed by atoms with Crippen molar-refractivity contribution in [3.8, 4) is 11.5 Å². The van der Waals surface area contributed by atoms with E-state index >= 15 is 0 Å². The molecule has 0 saturated carbocycles. The molecule has 30 heavy (non-hydrogen) atoms. The second-order valence-electron chi connectivity index (χ2n) is 6.39. The highest BCUT2D eigenvalue weighted by molar-refractivity contribution is 7.92. The van der Waals surface area contributed by atoms with Crippen LogP contribution in [-0.2, 0) is 10.0 Å². The van der Waals surface area contributed by atoms with Gasteiger partial charge >= 0.3 is 0 Å². The van der Waals surface area contributed by atoms with E-state index in [1.807, 2.05) is 0 Å². The summed E-state index contributed by atoms with van der Waals surface area (Å²) in [6.07, 6.45) is 0. The average Bonchev–Trinajstić information content (AvgIpc) is 2.75. The van der Waals surface area contributed by atoms with Crippen LogP contribution in [0.2, 0.25) is 0 Å². The van der Waals surface area contributed by atoms with Crippen LogP contribution >= 0.6 is 0 Å². The van der Waals surface area contributed by atoms with Crippen LogP contribution in [-0.4, -0.2) is 27.5 Å². The normalized spacial score (nSPS) is 12.8. The molecule has 0 atom stereocenters. The molecule has 0 saturated heterocycles. The SMILES string of the molecule is O=C(Nc1ccccc1F)c1ccccc1NS(=O)(=O)c1ccc2c(c1)OCCO2. The van der Waals surface area contributed by atoms with Gasteiger partial charge in [0.05, 0.1) is 21.8 Å². The maximum absolute atomic E-state index is 13.8. The molecule has 154 valence electrons. The van der Waals surface area contributed by atoms with Gasteiger partial charge in [0.25, 0.3) is 15.9 Å². The first-order chi connectivity index (χ1) is 14.4. The first-order valence-electron chi connectivity index (χ1n) is 9.01. The van der Waals surface area contributed by atoms with Crippen LogP contribution < -0.4 is 19.5 Å². The van der Waals surface area contributed by atoms with Gasteiger partial charge in [-0.25, -0.2) is 12.8 Å². The first-order valence-corrected chi connectivity index (χ1v) is 10.5. The minimum Gasteiger partial charge on any atom is -0.486 e. The number of hydrogen-bond acceptors (Lipinski definition) is 5. The molecule has 1 amide bonds. The summed E-state index contributed by atoms with van der Waals surface area (Å²) in [6.45, 7) is 0.713. The number of para-hydroxylation sites is 2. The second kappa shape index (κ2) is 8.03. The zero-order valence-corrected chi connectivity index (χ0v) is 16.4. The number of halogens is 1. The predicted molar refractivity (Wildman–Crippen MR) is 109 cm³/mol. The number of carbonyl (C=O) groups excluding carboxylic acids is 1. The molecule has 0 aromatic heterocycles. The van der Waals surface area contributed by atoms with Gasteiger partial charge in [-0.3, -0.25) is 9.52 Å². The molecule has 1 aliphatic rings. The van der Waals surface area contributed by atoms with Crippen molar-refractivity contribution in [1.29, 1.82) is 0 Å². The van der Waals surface area contributed by atoms with Crippen molar-refractivity contribution < 1.29 is 27.1 Å². The number of rotatable bonds is 5. The third-order valence-corrected chi connectivity index (χ3v) is 5.73. The van der Waals surface area contributed by atoms with Crippen LogP contribution in [0.1, 0.15) is 10.4 Å². The highest BCUT2D eigenvalue weighted by Crippen LogP contribution is 2.33. The maximum atomic E-state index is 13.8. The molecule has 9 heteroatoms. The van der Waals surface area contributed by atoms with Crippen LogP contribution in [0.4, 0.5) is 15.8 Å². The molecule has 4 rings (SSSR count). The summed E-state index contributed by atoms with van der Waals surface area (Å²) in [5.41, 5.74) is 0.0927. The number of anilines is 2. The minimum absolute atomic E-state index is 0.00741. The molecule has 7 nitrogen and oxygen atoms in total. The van der Waals surface area contributed by atoms with Crippen molar-refractivity contribution in [3.05, 3.63) is 78.1 Å². The van der Waals surface area contributed by atoms with Crippen molar-refractivity contribution >= 4 is 27.3 Å². The van der Waals surface area contributed by atoms with E-state index in [4.69, 9.17) is 9.47 Å². The highest BCUT2D eigenvalue weighted by atomic mass is 32.2. The Morgan fingerprint density at radius 3 is 2.30 bits per heavy atom. The Labute approximate surface area is 172 Å². The Balaban J connectivity index is 1.61. The Hall–Kier alpha value is -3.59. The highest BCUT2D eigenvalue weighted by Gasteiger charge is 2.22. The summed E-state index contributed by atoms with van der Waals surface area (Å²) >= 11 is 0. The number of hydrogen-bond donors (Lipinski definition) is 2. The molecule has 3 aromatic carbocycles. The Kier molecular flexibility index (Phi) is 5.28. The average molecular weight is 428 g/mol. The number of amides is 1. The fourth-order valence-electron chi connectivity index (χ4n) is 2.92. The van der Waals surface area contributed by atoms with Gasteiger partial charge in [0, 0.05) is 6.07 Å². The lowest BCUT2D eigenvalue weighted by molar-refractivity contribution is 0.102. The first kappa shape index (κ1) is 19.7. The summed E-state index contributed by atoms with van der Waals surface area (Å²) in [7, 11) is -4.02. The van der Waals surface area contributed by atoms with Gasteiger partial charge in [0.2, 0.25) is 0 Å². The lowest BCUT2D eigenvalue weighted by Gasteiger charge is -2.19. The Bertz CT molecular complexity index is 1210. The molecule has 1 aliphatic heterocycles. The van der Waals surface area contributed by atoms with Crippen LogP contribution in [0.25, 0.3) is 0 Å². The van der Waals surface area contributed by atoms with E-state index in [1.54, 1.807) is 18.2 Å². The van der Waals surface area contributed by atoms with Gasteiger partial charge in [0.15, 0.2) is 11.5 Å². The fraction of sp³-hybridized carbons (Fsp3) is 0.0952.